The summed E-state index contributed by atoms with van der Waals surface area (Å²) in [6.45, 7) is 12.3. The molecule has 154 valence electrons. The molecule has 6 unspecified atom stereocenters. The van der Waals surface area contributed by atoms with E-state index in [0.29, 0.717) is 13.1 Å². The SMILES string of the molecule is CCN(CC)C(=O)OC1CCC2(CO2)C(C2(C)OC2CC=C(C)C)C1OC. The number of nitrogens with zero attached hydrogens (tertiary/aromatic N) is 1. The molecule has 1 saturated carbocycles. The molecule has 0 bridgehead atoms. The standard InChI is InChI=1S/C21H35NO5/c1-7-22(8-2)19(23)26-15-11-12-21(13-25-21)18(17(15)24-6)20(5)16(27-20)10-9-14(3)4/h9,15-18H,7-8,10-13H2,1-6H3. The average molecular weight is 382 g/mol. The van der Waals surface area contributed by atoms with Crippen molar-refractivity contribution in [3.05, 3.63) is 11.6 Å². The summed E-state index contributed by atoms with van der Waals surface area (Å²) in [5.74, 6) is 0.0637. The minimum absolute atomic E-state index is 0.0637. The molecule has 1 spiro atoms. The van der Waals surface area contributed by atoms with Gasteiger partial charge in [0, 0.05) is 20.2 Å². The summed E-state index contributed by atoms with van der Waals surface area (Å²) in [7, 11) is 1.70. The first-order valence-electron chi connectivity index (χ1n) is 10.2. The van der Waals surface area contributed by atoms with Crippen molar-refractivity contribution in [2.45, 2.75) is 83.4 Å². The first-order valence-corrected chi connectivity index (χ1v) is 10.2. The molecule has 6 heteroatoms. The van der Waals surface area contributed by atoms with E-state index in [4.69, 9.17) is 18.9 Å². The van der Waals surface area contributed by atoms with E-state index in [1.807, 2.05) is 13.8 Å². The van der Waals surface area contributed by atoms with Gasteiger partial charge in [0.1, 0.15) is 23.4 Å². The number of rotatable bonds is 7. The fourth-order valence-corrected chi connectivity index (χ4v) is 4.76. The van der Waals surface area contributed by atoms with Crippen LogP contribution in [0.5, 0.6) is 0 Å². The normalized spacial score (nSPS) is 39.8. The molecule has 6 nitrogen and oxygen atoms in total. The summed E-state index contributed by atoms with van der Waals surface area (Å²) >= 11 is 0. The van der Waals surface area contributed by atoms with Gasteiger partial charge in [-0.05, 0) is 53.9 Å². The topological polar surface area (TPSA) is 63.8 Å². The van der Waals surface area contributed by atoms with Gasteiger partial charge in [0.15, 0.2) is 0 Å². The molecule has 2 aliphatic heterocycles. The van der Waals surface area contributed by atoms with Crippen LogP contribution in [0.1, 0.15) is 53.9 Å². The maximum atomic E-state index is 12.5. The van der Waals surface area contributed by atoms with E-state index >= 15 is 0 Å². The van der Waals surface area contributed by atoms with Crippen molar-refractivity contribution in [2.75, 3.05) is 26.8 Å². The fraction of sp³-hybridized carbons (Fsp3) is 0.857. The molecule has 1 amide bonds. The van der Waals surface area contributed by atoms with Gasteiger partial charge in [-0.2, -0.15) is 0 Å². The highest BCUT2D eigenvalue weighted by Crippen LogP contribution is 2.59. The van der Waals surface area contributed by atoms with Gasteiger partial charge in [-0.25, -0.2) is 4.79 Å². The number of methoxy groups -OCH3 is 1. The van der Waals surface area contributed by atoms with Gasteiger partial charge in [0.2, 0.25) is 0 Å². The Morgan fingerprint density at radius 2 is 1.96 bits per heavy atom. The van der Waals surface area contributed by atoms with E-state index in [1.54, 1.807) is 12.0 Å². The lowest BCUT2D eigenvalue weighted by Crippen LogP contribution is -2.56. The van der Waals surface area contributed by atoms with E-state index in [1.165, 1.54) is 5.57 Å². The van der Waals surface area contributed by atoms with E-state index in [2.05, 4.69) is 26.8 Å². The number of carbonyl (C=O) groups excluding carboxylic acids is 1. The van der Waals surface area contributed by atoms with Crippen LogP contribution in [0.4, 0.5) is 4.79 Å². The van der Waals surface area contributed by atoms with Gasteiger partial charge >= 0.3 is 6.09 Å². The van der Waals surface area contributed by atoms with Crippen molar-refractivity contribution in [3.63, 3.8) is 0 Å². The highest BCUT2D eigenvalue weighted by atomic mass is 16.6. The molecular weight excluding hydrogens is 346 g/mol. The summed E-state index contributed by atoms with van der Waals surface area (Å²) in [6.07, 6.45) is 4.16. The van der Waals surface area contributed by atoms with Crippen LogP contribution in [-0.2, 0) is 18.9 Å². The summed E-state index contributed by atoms with van der Waals surface area (Å²) in [5, 5.41) is 0. The van der Waals surface area contributed by atoms with E-state index in [9.17, 15) is 4.79 Å². The molecule has 3 aliphatic rings. The van der Waals surface area contributed by atoms with Crippen LogP contribution in [0.2, 0.25) is 0 Å². The summed E-state index contributed by atoms with van der Waals surface area (Å²) < 4.78 is 23.9. The van der Waals surface area contributed by atoms with Crippen molar-refractivity contribution < 1.29 is 23.7 Å². The third-order valence-electron chi connectivity index (χ3n) is 6.51. The van der Waals surface area contributed by atoms with Crippen molar-refractivity contribution >= 4 is 6.09 Å². The quantitative estimate of drug-likeness (QED) is 0.498. The van der Waals surface area contributed by atoms with Gasteiger partial charge in [-0.3, -0.25) is 0 Å². The molecule has 0 radical (unpaired) electrons. The van der Waals surface area contributed by atoms with Crippen LogP contribution in [-0.4, -0.2) is 67.3 Å². The Hall–Kier alpha value is -1.11. The lowest BCUT2D eigenvalue weighted by atomic mass is 9.68. The molecule has 3 rings (SSSR count). The predicted octanol–water partition coefficient (Wildman–Crippen LogP) is 3.54. The molecule has 2 heterocycles. The second kappa shape index (κ2) is 7.72. The Morgan fingerprint density at radius 1 is 1.30 bits per heavy atom. The first-order chi connectivity index (χ1) is 12.8. The number of carbonyl (C=O) groups is 1. The van der Waals surface area contributed by atoms with Crippen molar-refractivity contribution in [1.29, 1.82) is 0 Å². The van der Waals surface area contributed by atoms with E-state index in [0.717, 1.165) is 25.9 Å². The zero-order valence-corrected chi connectivity index (χ0v) is 17.6. The van der Waals surface area contributed by atoms with Gasteiger partial charge in [-0.1, -0.05) is 11.6 Å². The largest absolute Gasteiger partial charge is 0.443 e. The third-order valence-corrected chi connectivity index (χ3v) is 6.51. The van der Waals surface area contributed by atoms with Gasteiger partial charge in [0.05, 0.1) is 18.6 Å². The molecule has 6 atom stereocenters. The molecule has 2 saturated heterocycles. The zero-order chi connectivity index (χ0) is 19.8. The maximum absolute atomic E-state index is 12.5. The van der Waals surface area contributed by atoms with Crippen molar-refractivity contribution in [3.8, 4) is 0 Å². The molecule has 3 fully saturated rings. The summed E-state index contributed by atoms with van der Waals surface area (Å²) in [4.78, 5) is 14.2. The second-order valence-corrected chi connectivity index (χ2v) is 8.47. The number of hydrogen-bond donors (Lipinski definition) is 0. The molecule has 0 aromatic rings. The Bertz CT molecular complexity index is 579. The minimum atomic E-state index is -0.302. The number of epoxide rings is 2. The minimum Gasteiger partial charge on any atom is -0.443 e. The fourth-order valence-electron chi connectivity index (χ4n) is 4.76. The predicted molar refractivity (Wildman–Crippen MR) is 103 cm³/mol. The lowest BCUT2D eigenvalue weighted by molar-refractivity contribution is -0.121. The zero-order valence-electron chi connectivity index (χ0n) is 17.6. The third kappa shape index (κ3) is 3.89. The van der Waals surface area contributed by atoms with Crippen LogP contribution < -0.4 is 0 Å². The first kappa shape index (κ1) is 20.6. The second-order valence-electron chi connectivity index (χ2n) is 8.47. The number of allylic oxidation sites excluding steroid dienone is 1. The summed E-state index contributed by atoms with van der Waals surface area (Å²) in [6, 6.07) is 0. The van der Waals surface area contributed by atoms with E-state index < -0.39 is 0 Å². The maximum Gasteiger partial charge on any atom is 0.410 e. The molecule has 1 aliphatic carbocycles. The molecule has 0 aromatic carbocycles. The lowest BCUT2D eigenvalue weighted by Gasteiger charge is -2.43. The summed E-state index contributed by atoms with van der Waals surface area (Å²) in [5.41, 5.74) is 0.805. The molecule has 0 N–H and O–H groups in total. The van der Waals surface area contributed by atoms with Crippen LogP contribution in [0, 0.1) is 5.92 Å². The van der Waals surface area contributed by atoms with Gasteiger partial charge < -0.3 is 23.8 Å². The Balaban J connectivity index is 1.75. The Kier molecular flexibility index (Phi) is 5.90. The van der Waals surface area contributed by atoms with Crippen LogP contribution in [0.25, 0.3) is 0 Å². The van der Waals surface area contributed by atoms with Crippen molar-refractivity contribution in [2.24, 2.45) is 5.92 Å². The molecule has 0 aromatic heterocycles. The van der Waals surface area contributed by atoms with Crippen LogP contribution >= 0.6 is 0 Å². The van der Waals surface area contributed by atoms with Crippen LogP contribution in [0.15, 0.2) is 11.6 Å². The number of amides is 1. The molecule has 27 heavy (non-hydrogen) atoms. The monoisotopic (exact) mass is 381 g/mol. The molecular formula is C21H35NO5. The number of hydrogen-bond acceptors (Lipinski definition) is 5. The van der Waals surface area contributed by atoms with E-state index in [-0.39, 0.29) is 41.5 Å². The number of ether oxygens (including phenoxy) is 4. The smallest absolute Gasteiger partial charge is 0.410 e. The highest BCUT2D eigenvalue weighted by Gasteiger charge is 2.72. The average Bonchev–Trinajstić information content (AvgIpc) is 3.53. The Morgan fingerprint density at radius 3 is 2.48 bits per heavy atom. The highest BCUT2D eigenvalue weighted by molar-refractivity contribution is 5.67. The van der Waals surface area contributed by atoms with Gasteiger partial charge in [0.25, 0.3) is 0 Å². The van der Waals surface area contributed by atoms with Crippen molar-refractivity contribution in [1.82, 2.24) is 4.90 Å². The van der Waals surface area contributed by atoms with Gasteiger partial charge in [-0.15, -0.1) is 0 Å². The Labute approximate surface area is 163 Å². The van der Waals surface area contributed by atoms with Crippen LogP contribution in [0.3, 0.4) is 0 Å².